The third kappa shape index (κ3) is 5.53. The largest absolute Gasteiger partial charge is 0.441 e. The SMILES string of the molecule is Cc1onc(-c2ccc(-c3ccc(C4CC4)cc3)cc2)c1NC(=O)OC(C)c1ccc(C(F)(F)F)cc1. The van der Waals surface area contributed by atoms with Crippen molar-refractivity contribution in [3.05, 3.63) is 95.2 Å². The van der Waals surface area contributed by atoms with Crippen LogP contribution >= 0.6 is 0 Å². The number of ether oxygens (including phenoxy) is 1. The molecule has 1 aliphatic rings. The average Bonchev–Trinajstić information content (AvgIpc) is 3.68. The van der Waals surface area contributed by atoms with Crippen molar-refractivity contribution in [2.24, 2.45) is 0 Å². The molecule has 0 spiro atoms. The number of alkyl halides is 3. The first-order chi connectivity index (χ1) is 17.7. The summed E-state index contributed by atoms with van der Waals surface area (Å²) in [6.07, 6.45) is -3.43. The maximum absolute atomic E-state index is 12.8. The van der Waals surface area contributed by atoms with E-state index in [1.165, 1.54) is 30.5 Å². The number of amides is 1. The molecule has 1 N–H and O–H groups in total. The Kier molecular flexibility index (Phi) is 6.50. The third-order valence-electron chi connectivity index (χ3n) is 6.53. The summed E-state index contributed by atoms with van der Waals surface area (Å²) in [4.78, 5) is 12.6. The number of nitrogens with one attached hydrogen (secondary N) is 1. The number of aromatic nitrogens is 1. The van der Waals surface area contributed by atoms with E-state index >= 15 is 0 Å². The summed E-state index contributed by atoms with van der Waals surface area (Å²) < 4.78 is 49.1. The Morgan fingerprint density at radius 3 is 2.08 bits per heavy atom. The van der Waals surface area contributed by atoms with E-state index in [1.807, 2.05) is 24.3 Å². The minimum atomic E-state index is -4.43. The standard InChI is InChI=1S/C29H25F3N2O3/c1-17(19-13-15-25(16-14-19)29(30,31)32)36-28(35)33-26-18(2)37-34-27(26)24-11-9-23(10-12-24)22-7-5-21(6-8-22)20-3-4-20/h5-17,20H,3-4H2,1-2H3,(H,33,35). The van der Waals surface area contributed by atoms with Gasteiger partial charge in [-0.2, -0.15) is 13.2 Å². The maximum atomic E-state index is 12.8. The van der Waals surface area contributed by atoms with Gasteiger partial charge in [0, 0.05) is 5.56 Å². The number of aryl methyl sites for hydroxylation is 1. The normalized spacial score (nSPS) is 14.3. The Labute approximate surface area is 212 Å². The lowest BCUT2D eigenvalue weighted by Crippen LogP contribution is -2.17. The van der Waals surface area contributed by atoms with Gasteiger partial charge in [0.15, 0.2) is 5.76 Å². The number of anilines is 1. The zero-order valence-corrected chi connectivity index (χ0v) is 20.3. The number of carbonyl (C=O) groups excluding carboxylic acids is 1. The molecule has 1 saturated carbocycles. The van der Waals surface area contributed by atoms with E-state index in [0.29, 0.717) is 28.6 Å². The quantitative estimate of drug-likeness (QED) is 0.285. The van der Waals surface area contributed by atoms with E-state index in [4.69, 9.17) is 9.26 Å². The van der Waals surface area contributed by atoms with Gasteiger partial charge in [-0.3, -0.25) is 5.32 Å². The van der Waals surface area contributed by atoms with Gasteiger partial charge in [0.05, 0.1) is 5.56 Å². The first kappa shape index (κ1) is 24.6. The van der Waals surface area contributed by atoms with Crippen molar-refractivity contribution >= 4 is 11.8 Å². The molecule has 1 heterocycles. The summed E-state index contributed by atoms with van der Waals surface area (Å²) in [5, 5.41) is 6.76. The topological polar surface area (TPSA) is 64.4 Å². The van der Waals surface area contributed by atoms with Gasteiger partial charge < -0.3 is 9.26 Å². The Morgan fingerprint density at radius 2 is 1.51 bits per heavy atom. The van der Waals surface area contributed by atoms with Crippen LogP contribution in [0.25, 0.3) is 22.4 Å². The molecular formula is C29H25F3N2O3. The molecule has 4 aromatic rings. The minimum absolute atomic E-state index is 0.367. The Bertz CT molecular complexity index is 1390. The van der Waals surface area contributed by atoms with Crippen molar-refractivity contribution in [2.45, 2.75) is 44.9 Å². The van der Waals surface area contributed by atoms with Crippen LogP contribution in [0.4, 0.5) is 23.7 Å². The molecule has 1 fully saturated rings. The van der Waals surface area contributed by atoms with Crippen LogP contribution in [0.15, 0.2) is 77.3 Å². The van der Waals surface area contributed by atoms with Gasteiger partial charge in [-0.15, -0.1) is 0 Å². The molecule has 5 nitrogen and oxygen atoms in total. The van der Waals surface area contributed by atoms with Crippen LogP contribution in [0.5, 0.6) is 0 Å². The Balaban J connectivity index is 1.26. The Morgan fingerprint density at radius 1 is 0.946 bits per heavy atom. The molecule has 1 aliphatic carbocycles. The second-order valence-corrected chi connectivity index (χ2v) is 9.23. The average molecular weight is 507 g/mol. The zero-order chi connectivity index (χ0) is 26.2. The lowest BCUT2D eigenvalue weighted by molar-refractivity contribution is -0.137. The number of carbonyl (C=O) groups is 1. The second-order valence-electron chi connectivity index (χ2n) is 9.23. The predicted octanol–water partition coefficient (Wildman–Crippen LogP) is 8.52. The predicted molar refractivity (Wildman–Crippen MR) is 134 cm³/mol. The minimum Gasteiger partial charge on any atom is -0.441 e. The van der Waals surface area contributed by atoms with Gasteiger partial charge in [-0.25, -0.2) is 4.79 Å². The maximum Gasteiger partial charge on any atom is 0.416 e. The number of hydrogen-bond acceptors (Lipinski definition) is 4. The molecule has 1 amide bonds. The van der Waals surface area contributed by atoms with Crippen molar-refractivity contribution in [3.8, 4) is 22.4 Å². The van der Waals surface area contributed by atoms with E-state index in [0.717, 1.165) is 28.8 Å². The molecular weight excluding hydrogens is 481 g/mol. The van der Waals surface area contributed by atoms with E-state index in [-0.39, 0.29) is 0 Å². The van der Waals surface area contributed by atoms with Gasteiger partial charge >= 0.3 is 12.3 Å². The first-order valence-corrected chi connectivity index (χ1v) is 12.0. The summed E-state index contributed by atoms with van der Waals surface area (Å²) in [7, 11) is 0. The highest BCUT2D eigenvalue weighted by Crippen LogP contribution is 2.40. The molecule has 1 aromatic heterocycles. The summed E-state index contributed by atoms with van der Waals surface area (Å²) in [5.41, 5.74) is 4.80. The van der Waals surface area contributed by atoms with Gasteiger partial charge in [0.2, 0.25) is 0 Å². The molecule has 0 radical (unpaired) electrons. The first-order valence-electron chi connectivity index (χ1n) is 12.0. The molecule has 1 atom stereocenters. The van der Waals surface area contributed by atoms with Crippen LogP contribution in [-0.4, -0.2) is 11.2 Å². The monoisotopic (exact) mass is 506 g/mol. The van der Waals surface area contributed by atoms with Crippen LogP contribution in [0, 0.1) is 6.92 Å². The van der Waals surface area contributed by atoms with Crippen LogP contribution < -0.4 is 5.32 Å². The zero-order valence-electron chi connectivity index (χ0n) is 20.3. The lowest BCUT2D eigenvalue weighted by atomic mass is 10.00. The molecule has 1 unspecified atom stereocenters. The fourth-order valence-corrected chi connectivity index (χ4v) is 4.20. The van der Waals surface area contributed by atoms with Crippen LogP contribution in [0.1, 0.15) is 54.2 Å². The highest BCUT2D eigenvalue weighted by molar-refractivity contribution is 5.91. The smallest absolute Gasteiger partial charge is 0.416 e. The van der Waals surface area contributed by atoms with Crippen molar-refractivity contribution < 1.29 is 27.2 Å². The molecule has 190 valence electrons. The van der Waals surface area contributed by atoms with Crippen molar-refractivity contribution in [1.82, 2.24) is 5.16 Å². The number of benzene rings is 3. The fraction of sp³-hybridized carbons (Fsp3) is 0.241. The highest BCUT2D eigenvalue weighted by Gasteiger charge is 2.30. The van der Waals surface area contributed by atoms with Crippen molar-refractivity contribution in [3.63, 3.8) is 0 Å². The summed E-state index contributed by atoms with van der Waals surface area (Å²) in [6.45, 7) is 3.25. The third-order valence-corrected chi connectivity index (χ3v) is 6.53. The number of hydrogen-bond donors (Lipinski definition) is 1. The summed E-state index contributed by atoms with van der Waals surface area (Å²) >= 11 is 0. The van der Waals surface area contributed by atoms with Crippen LogP contribution in [0.3, 0.4) is 0 Å². The van der Waals surface area contributed by atoms with E-state index in [9.17, 15) is 18.0 Å². The molecule has 3 aromatic carbocycles. The Hall–Kier alpha value is -4.07. The van der Waals surface area contributed by atoms with Gasteiger partial charge in [0.25, 0.3) is 0 Å². The molecule has 5 rings (SSSR count). The number of nitrogens with zero attached hydrogens (tertiary/aromatic N) is 1. The summed E-state index contributed by atoms with van der Waals surface area (Å²) in [5.74, 6) is 1.11. The van der Waals surface area contributed by atoms with E-state index < -0.39 is 23.9 Å². The summed E-state index contributed by atoms with van der Waals surface area (Å²) in [6, 6.07) is 20.9. The van der Waals surface area contributed by atoms with E-state index in [1.54, 1.807) is 13.8 Å². The second kappa shape index (κ2) is 9.76. The fourth-order valence-electron chi connectivity index (χ4n) is 4.20. The highest BCUT2D eigenvalue weighted by atomic mass is 19.4. The molecule has 0 bridgehead atoms. The lowest BCUT2D eigenvalue weighted by Gasteiger charge is -2.15. The molecule has 37 heavy (non-hydrogen) atoms. The van der Waals surface area contributed by atoms with E-state index in [2.05, 4.69) is 34.7 Å². The molecule has 8 heteroatoms. The molecule has 0 saturated heterocycles. The number of rotatable bonds is 6. The number of halogens is 3. The van der Waals surface area contributed by atoms with Crippen molar-refractivity contribution in [2.75, 3.05) is 5.32 Å². The van der Waals surface area contributed by atoms with Crippen LogP contribution in [0.2, 0.25) is 0 Å². The molecule has 0 aliphatic heterocycles. The van der Waals surface area contributed by atoms with Crippen LogP contribution in [-0.2, 0) is 10.9 Å². The van der Waals surface area contributed by atoms with Gasteiger partial charge in [-0.1, -0.05) is 65.8 Å². The van der Waals surface area contributed by atoms with Gasteiger partial charge in [0.1, 0.15) is 17.5 Å². The van der Waals surface area contributed by atoms with Crippen molar-refractivity contribution in [1.29, 1.82) is 0 Å². The van der Waals surface area contributed by atoms with Gasteiger partial charge in [-0.05, 0) is 67.0 Å².